The fourth-order valence-electron chi connectivity index (χ4n) is 4.32. The van der Waals surface area contributed by atoms with Gasteiger partial charge in [0.25, 0.3) is 0 Å². The van der Waals surface area contributed by atoms with Crippen LogP contribution >= 0.6 is 11.6 Å². The summed E-state index contributed by atoms with van der Waals surface area (Å²) in [7, 11) is 1.52. The molecule has 5 heterocycles. The number of nitriles is 1. The van der Waals surface area contributed by atoms with Gasteiger partial charge >= 0.3 is 0 Å². The van der Waals surface area contributed by atoms with E-state index in [9.17, 15) is 10.4 Å². The third-order valence-electron chi connectivity index (χ3n) is 6.11. The summed E-state index contributed by atoms with van der Waals surface area (Å²) in [6.07, 6.45) is 7.40. The summed E-state index contributed by atoms with van der Waals surface area (Å²) in [5.41, 5.74) is 1.70. The molecule has 1 aliphatic rings. The van der Waals surface area contributed by atoms with E-state index >= 15 is 0 Å². The minimum Gasteiger partial charge on any atom is -0.489 e. The number of halogens is 1. The molecule has 1 saturated heterocycles. The molecule has 0 aliphatic carbocycles. The third-order valence-corrected chi connectivity index (χ3v) is 6.38. The molecule has 11 heteroatoms. The Kier molecular flexibility index (Phi) is 6.97. The number of rotatable bonds is 8. The van der Waals surface area contributed by atoms with Gasteiger partial charge in [0.2, 0.25) is 5.88 Å². The van der Waals surface area contributed by atoms with Crippen molar-refractivity contribution in [2.75, 3.05) is 31.7 Å². The second-order valence-electron chi connectivity index (χ2n) is 9.70. The van der Waals surface area contributed by atoms with Gasteiger partial charge in [0.05, 0.1) is 48.9 Å². The van der Waals surface area contributed by atoms with Crippen LogP contribution in [0.25, 0.3) is 16.6 Å². The van der Waals surface area contributed by atoms with Crippen LogP contribution in [0.4, 0.5) is 5.82 Å². The number of fused-ring (bicyclic) bond motifs is 1. The standard InChI is InChI=1S/C27H27ClN6O4/c1-27(2,35)16-37-21-8-22(25-18(10-29)12-32-34(25)15-21)17-4-5-24(30-11-17)33-7-6-19(14-33)38-20-9-23(28)26(36-3)31-13-20/h4-5,8-9,11-13,15,19,35H,6-7,14,16H2,1-3H3. The third kappa shape index (κ3) is 5.44. The molecule has 38 heavy (non-hydrogen) atoms. The number of anilines is 1. The molecular weight excluding hydrogens is 508 g/mol. The Bertz CT molecular complexity index is 1490. The summed E-state index contributed by atoms with van der Waals surface area (Å²) in [4.78, 5) is 11.0. The maximum atomic E-state index is 10.1. The van der Waals surface area contributed by atoms with Crippen LogP contribution in [0.5, 0.6) is 17.4 Å². The minimum atomic E-state index is -0.992. The summed E-state index contributed by atoms with van der Waals surface area (Å²) in [5.74, 6) is 2.31. The van der Waals surface area contributed by atoms with Crippen molar-refractivity contribution in [3.63, 3.8) is 0 Å². The Morgan fingerprint density at radius 1 is 1.18 bits per heavy atom. The molecule has 4 aromatic heterocycles. The molecule has 196 valence electrons. The molecule has 0 bridgehead atoms. The number of aromatic nitrogens is 4. The first-order valence-electron chi connectivity index (χ1n) is 12.1. The molecule has 4 aromatic rings. The number of methoxy groups -OCH3 is 1. The SMILES string of the molecule is COc1ncc(OC2CCN(c3ccc(-c4cc(OCC(C)(C)O)cn5ncc(C#N)c45)cn3)C2)cc1Cl. The maximum Gasteiger partial charge on any atom is 0.232 e. The van der Waals surface area contributed by atoms with E-state index in [1.807, 2.05) is 18.2 Å². The lowest BCUT2D eigenvalue weighted by Gasteiger charge is -2.19. The van der Waals surface area contributed by atoms with Crippen molar-refractivity contribution in [3.8, 4) is 34.6 Å². The highest BCUT2D eigenvalue weighted by Gasteiger charge is 2.26. The minimum absolute atomic E-state index is 0.0306. The van der Waals surface area contributed by atoms with Crippen LogP contribution in [-0.2, 0) is 0 Å². The zero-order valence-corrected chi connectivity index (χ0v) is 22.0. The Labute approximate surface area is 225 Å². The highest BCUT2D eigenvalue weighted by atomic mass is 35.5. The van der Waals surface area contributed by atoms with Crippen molar-refractivity contribution in [3.05, 3.63) is 59.6 Å². The summed E-state index contributed by atoms with van der Waals surface area (Å²) in [6, 6.07) is 9.66. The average Bonchev–Trinajstić information content (AvgIpc) is 3.54. The first kappa shape index (κ1) is 25.6. The van der Waals surface area contributed by atoms with Crippen molar-refractivity contribution < 1.29 is 19.3 Å². The van der Waals surface area contributed by atoms with Gasteiger partial charge in [-0.1, -0.05) is 11.6 Å². The van der Waals surface area contributed by atoms with Crippen LogP contribution in [-0.4, -0.2) is 63.2 Å². The van der Waals surface area contributed by atoms with Crippen LogP contribution in [0.1, 0.15) is 25.8 Å². The lowest BCUT2D eigenvalue weighted by atomic mass is 10.1. The van der Waals surface area contributed by atoms with Crippen molar-refractivity contribution >= 4 is 22.9 Å². The molecule has 1 aliphatic heterocycles. The highest BCUT2D eigenvalue weighted by molar-refractivity contribution is 6.31. The number of pyridine rings is 3. The van der Waals surface area contributed by atoms with Gasteiger partial charge < -0.3 is 24.2 Å². The van der Waals surface area contributed by atoms with Crippen molar-refractivity contribution in [2.45, 2.75) is 32.0 Å². The summed E-state index contributed by atoms with van der Waals surface area (Å²) < 4.78 is 18.6. The molecule has 1 atom stereocenters. The van der Waals surface area contributed by atoms with E-state index in [1.165, 1.54) is 13.3 Å². The Balaban J connectivity index is 1.34. The average molecular weight is 535 g/mol. The summed E-state index contributed by atoms with van der Waals surface area (Å²) >= 11 is 6.17. The fraction of sp³-hybridized carbons (Fsp3) is 0.333. The molecule has 5 rings (SSSR count). The van der Waals surface area contributed by atoms with Gasteiger partial charge in [0.1, 0.15) is 41.1 Å². The largest absolute Gasteiger partial charge is 0.489 e. The van der Waals surface area contributed by atoms with Crippen LogP contribution < -0.4 is 19.1 Å². The molecule has 0 spiro atoms. The fourth-order valence-corrected chi connectivity index (χ4v) is 4.55. The zero-order valence-electron chi connectivity index (χ0n) is 21.3. The highest BCUT2D eigenvalue weighted by Crippen LogP contribution is 2.32. The number of aliphatic hydroxyl groups is 1. The predicted molar refractivity (Wildman–Crippen MR) is 142 cm³/mol. The number of nitrogens with zero attached hydrogens (tertiary/aromatic N) is 6. The normalized spacial score (nSPS) is 15.5. The Hall–Kier alpha value is -4.07. The summed E-state index contributed by atoms with van der Waals surface area (Å²) in [6.45, 7) is 4.92. The molecule has 1 fully saturated rings. The smallest absolute Gasteiger partial charge is 0.232 e. The second kappa shape index (κ2) is 10.4. The molecule has 0 amide bonds. The zero-order chi connectivity index (χ0) is 26.9. The van der Waals surface area contributed by atoms with Gasteiger partial charge in [-0.15, -0.1) is 0 Å². The Morgan fingerprint density at radius 3 is 2.71 bits per heavy atom. The number of hydrogen-bond donors (Lipinski definition) is 1. The van der Waals surface area contributed by atoms with Gasteiger partial charge in [0.15, 0.2) is 0 Å². The van der Waals surface area contributed by atoms with E-state index in [0.717, 1.165) is 29.9 Å². The van der Waals surface area contributed by atoms with Crippen LogP contribution in [0.3, 0.4) is 0 Å². The van der Waals surface area contributed by atoms with E-state index in [4.69, 9.17) is 30.8 Å². The van der Waals surface area contributed by atoms with Crippen molar-refractivity contribution in [2.24, 2.45) is 0 Å². The van der Waals surface area contributed by atoms with Gasteiger partial charge in [-0.25, -0.2) is 14.5 Å². The first-order valence-corrected chi connectivity index (χ1v) is 12.5. The quantitative estimate of drug-likeness (QED) is 0.356. The topological polar surface area (TPSA) is 118 Å². The molecule has 1 unspecified atom stereocenters. The van der Waals surface area contributed by atoms with Gasteiger partial charge in [-0.05, 0) is 32.0 Å². The maximum absolute atomic E-state index is 10.1. The van der Waals surface area contributed by atoms with Gasteiger partial charge in [-0.2, -0.15) is 10.4 Å². The molecule has 0 radical (unpaired) electrons. The van der Waals surface area contributed by atoms with Gasteiger partial charge in [-0.3, -0.25) is 0 Å². The van der Waals surface area contributed by atoms with E-state index in [1.54, 1.807) is 43.0 Å². The van der Waals surface area contributed by atoms with E-state index < -0.39 is 5.60 Å². The predicted octanol–water partition coefficient (Wildman–Crippen LogP) is 4.13. The van der Waals surface area contributed by atoms with E-state index in [0.29, 0.717) is 40.0 Å². The van der Waals surface area contributed by atoms with Crippen molar-refractivity contribution in [1.29, 1.82) is 5.26 Å². The monoisotopic (exact) mass is 534 g/mol. The molecule has 0 aromatic carbocycles. The lowest BCUT2D eigenvalue weighted by Crippen LogP contribution is -2.27. The van der Waals surface area contributed by atoms with Crippen LogP contribution in [0, 0.1) is 11.3 Å². The molecule has 1 N–H and O–H groups in total. The van der Waals surface area contributed by atoms with Crippen molar-refractivity contribution in [1.82, 2.24) is 19.6 Å². The van der Waals surface area contributed by atoms with E-state index in [-0.39, 0.29) is 12.7 Å². The van der Waals surface area contributed by atoms with Crippen LogP contribution in [0.2, 0.25) is 5.02 Å². The second-order valence-corrected chi connectivity index (χ2v) is 10.1. The lowest BCUT2D eigenvalue weighted by molar-refractivity contribution is 0.0283. The summed E-state index contributed by atoms with van der Waals surface area (Å²) in [5, 5.41) is 24.4. The first-order chi connectivity index (χ1) is 18.2. The Morgan fingerprint density at radius 2 is 2.03 bits per heavy atom. The number of hydrogen-bond acceptors (Lipinski definition) is 9. The molecule has 10 nitrogen and oxygen atoms in total. The molecule has 0 saturated carbocycles. The van der Waals surface area contributed by atoms with Gasteiger partial charge in [0, 0.05) is 36.4 Å². The van der Waals surface area contributed by atoms with E-state index in [2.05, 4.69) is 21.1 Å². The number of ether oxygens (including phenoxy) is 3. The van der Waals surface area contributed by atoms with Crippen LogP contribution in [0.15, 0.2) is 49.1 Å². The molecular formula is C27H27ClN6O4.